The van der Waals surface area contributed by atoms with Crippen molar-refractivity contribution in [1.29, 1.82) is 0 Å². The number of likely N-dealkylation sites (N-methyl/N-ethyl adjacent to an activating group) is 1. The summed E-state index contributed by atoms with van der Waals surface area (Å²) in [4.78, 5) is 0. The fourth-order valence-corrected chi connectivity index (χ4v) is 3.17. The van der Waals surface area contributed by atoms with Crippen molar-refractivity contribution in [3.05, 3.63) is 0 Å². The van der Waals surface area contributed by atoms with E-state index < -0.39 is 0 Å². The van der Waals surface area contributed by atoms with Gasteiger partial charge < -0.3 is 5.32 Å². The van der Waals surface area contributed by atoms with Gasteiger partial charge in [-0.05, 0) is 30.3 Å². The molecule has 0 atom stereocenters. The second kappa shape index (κ2) is 6.20. The van der Waals surface area contributed by atoms with Gasteiger partial charge in [-0.1, -0.05) is 31.0 Å². The molecule has 16 heavy (non-hydrogen) atoms. The summed E-state index contributed by atoms with van der Waals surface area (Å²) >= 11 is 1.85. The van der Waals surface area contributed by atoms with Gasteiger partial charge >= 0.3 is 0 Å². The summed E-state index contributed by atoms with van der Waals surface area (Å²) in [5, 5.41) is 16.7. The molecule has 1 aliphatic carbocycles. The molecule has 0 radical (unpaired) electrons. The van der Waals surface area contributed by atoms with Gasteiger partial charge in [0.25, 0.3) is 0 Å². The van der Waals surface area contributed by atoms with E-state index in [1.54, 1.807) is 0 Å². The van der Waals surface area contributed by atoms with Crippen LogP contribution in [0.1, 0.15) is 32.1 Å². The number of thioether (sulfide) groups is 1. The first kappa shape index (κ1) is 11.9. The van der Waals surface area contributed by atoms with Crippen LogP contribution in [-0.2, 0) is 6.54 Å². The Hall–Kier alpha value is -0.620. The number of tetrazole rings is 1. The van der Waals surface area contributed by atoms with Crippen LogP contribution in [0, 0.1) is 0 Å². The zero-order valence-corrected chi connectivity index (χ0v) is 10.5. The largest absolute Gasteiger partial charge is 0.318 e. The Balaban J connectivity index is 1.89. The summed E-state index contributed by atoms with van der Waals surface area (Å²) in [6, 6.07) is 0. The van der Waals surface area contributed by atoms with E-state index in [1.807, 2.05) is 23.5 Å². The number of nitrogens with one attached hydrogen (secondary N) is 1. The molecule has 6 heteroatoms. The molecule has 0 bridgehead atoms. The van der Waals surface area contributed by atoms with Gasteiger partial charge in [0.2, 0.25) is 5.16 Å². The van der Waals surface area contributed by atoms with Gasteiger partial charge in [-0.15, -0.1) is 5.10 Å². The van der Waals surface area contributed by atoms with E-state index in [1.165, 1.54) is 32.1 Å². The maximum atomic E-state index is 4.10. The summed E-state index contributed by atoms with van der Waals surface area (Å²) in [7, 11) is 1.94. The molecule has 2 rings (SSSR count). The van der Waals surface area contributed by atoms with Crippen molar-refractivity contribution < 1.29 is 0 Å². The molecule has 0 amide bonds. The summed E-state index contributed by atoms with van der Waals surface area (Å²) in [5.41, 5.74) is 0. The minimum Gasteiger partial charge on any atom is -0.318 e. The Morgan fingerprint density at radius 2 is 2.19 bits per heavy atom. The van der Waals surface area contributed by atoms with Crippen LogP contribution >= 0.6 is 11.8 Å². The predicted molar refractivity (Wildman–Crippen MR) is 64.5 cm³/mol. The fourth-order valence-electron chi connectivity index (χ4n) is 1.97. The molecule has 0 unspecified atom stereocenters. The van der Waals surface area contributed by atoms with Gasteiger partial charge in [0.15, 0.2) is 0 Å². The van der Waals surface area contributed by atoms with E-state index in [9.17, 15) is 0 Å². The highest BCUT2D eigenvalue weighted by Crippen LogP contribution is 2.31. The van der Waals surface area contributed by atoms with E-state index in [0.717, 1.165) is 18.2 Å². The van der Waals surface area contributed by atoms with Crippen LogP contribution in [0.3, 0.4) is 0 Å². The molecule has 0 aliphatic heterocycles. The normalized spacial score (nSPS) is 17.8. The number of hydrogen-bond donors (Lipinski definition) is 1. The first-order valence-electron chi connectivity index (χ1n) is 5.97. The third-order valence-electron chi connectivity index (χ3n) is 2.90. The smallest absolute Gasteiger partial charge is 0.209 e. The average molecular weight is 241 g/mol. The molecule has 5 nitrogen and oxygen atoms in total. The molecule has 0 saturated heterocycles. The first-order chi connectivity index (χ1) is 7.90. The van der Waals surface area contributed by atoms with E-state index in [4.69, 9.17) is 0 Å². The highest BCUT2D eigenvalue weighted by Gasteiger charge is 2.18. The van der Waals surface area contributed by atoms with Crippen molar-refractivity contribution >= 4 is 11.8 Å². The lowest BCUT2D eigenvalue weighted by atomic mass is 10.0. The van der Waals surface area contributed by atoms with E-state index in [-0.39, 0.29) is 0 Å². The lowest BCUT2D eigenvalue weighted by Crippen LogP contribution is -2.17. The molecule has 0 spiro atoms. The lowest BCUT2D eigenvalue weighted by Gasteiger charge is -2.19. The molecule has 1 saturated carbocycles. The predicted octanol–water partition coefficient (Wildman–Crippen LogP) is 1.32. The first-order valence-corrected chi connectivity index (χ1v) is 6.85. The molecular weight excluding hydrogens is 222 g/mol. The monoisotopic (exact) mass is 241 g/mol. The molecule has 1 heterocycles. The van der Waals surface area contributed by atoms with E-state index >= 15 is 0 Å². The topological polar surface area (TPSA) is 55.6 Å². The summed E-state index contributed by atoms with van der Waals surface area (Å²) in [6.07, 6.45) is 6.72. The molecule has 1 aromatic heterocycles. The number of rotatable bonds is 5. The minimum absolute atomic E-state index is 0.716. The zero-order chi connectivity index (χ0) is 11.2. The number of aromatic nitrogens is 4. The molecular formula is C10H19N5S. The molecule has 1 aliphatic rings. The van der Waals surface area contributed by atoms with Crippen LogP contribution in [-0.4, -0.2) is 39.0 Å². The van der Waals surface area contributed by atoms with Gasteiger partial charge in [-0.3, -0.25) is 0 Å². The Bertz CT molecular complexity index is 308. The van der Waals surface area contributed by atoms with Crippen molar-refractivity contribution in [1.82, 2.24) is 25.5 Å². The Morgan fingerprint density at radius 1 is 1.38 bits per heavy atom. The Kier molecular flexibility index (Phi) is 4.59. The van der Waals surface area contributed by atoms with Crippen LogP contribution in [0.2, 0.25) is 0 Å². The molecule has 1 fully saturated rings. The fraction of sp³-hybridized carbons (Fsp3) is 0.900. The van der Waals surface area contributed by atoms with Crippen molar-refractivity contribution in [3.63, 3.8) is 0 Å². The lowest BCUT2D eigenvalue weighted by molar-refractivity contribution is 0.507. The van der Waals surface area contributed by atoms with E-state index in [2.05, 4.69) is 20.8 Å². The summed E-state index contributed by atoms with van der Waals surface area (Å²) in [5.74, 6) is 0. The van der Waals surface area contributed by atoms with Gasteiger partial charge in [0.1, 0.15) is 0 Å². The molecule has 1 aromatic rings. The average Bonchev–Trinajstić information content (AvgIpc) is 2.75. The summed E-state index contributed by atoms with van der Waals surface area (Å²) < 4.78 is 1.90. The molecule has 90 valence electrons. The van der Waals surface area contributed by atoms with Gasteiger partial charge in [-0.25, -0.2) is 4.68 Å². The zero-order valence-electron chi connectivity index (χ0n) is 9.72. The van der Waals surface area contributed by atoms with Crippen LogP contribution in [0.5, 0.6) is 0 Å². The Labute approximate surface area is 100 Å². The van der Waals surface area contributed by atoms with Crippen LogP contribution in [0.4, 0.5) is 0 Å². The highest BCUT2D eigenvalue weighted by atomic mass is 32.2. The highest BCUT2D eigenvalue weighted by molar-refractivity contribution is 7.99. The SMILES string of the molecule is CNCCn1nnnc1SC1CCCCC1. The third kappa shape index (κ3) is 3.18. The van der Waals surface area contributed by atoms with Crippen molar-refractivity contribution in [2.75, 3.05) is 13.6 Å². The second-order valence-electron chi connectivity index (χ2n) is 4.17. The van der Waals surface area contributed by atoms with Crippen molar-refractivity contribution in [2.45, 2.75) is 49.1 Å². The number of nitrogens with zero attached hydrogens (tertiary/aromatic N) is 4. The van der Waals surface area contributed by atoms with Crippen LogP contribution in [0.15, 0.2) is 5.16 Å². The summed E-state index contributed by atoms with van der Waals surface area (Å²) in [6.45, 7) is 1.75. The van der Waals surface area contributed by atoms with Crippen molar-refractivity contribution in [3.8, 4) is 0 Å². The Morgan fingerprint density at radius 3 is 2.94 bits per heavy atom. The van der Waals surface area contributed by atoms with Gasteiger partial charge in [0, 0.05) is 11.8 Å². The van der Waals surface area contributed by atoms with E-state index in [0.29, 0.717) is 5.25 Å². The quantitative estimate of drug-likeness (QED) is 0.842. The molecule has 0 aromatic carbocycles. The molecule has 1 N–H and O–H groups in total. The standard InChI is InChI=1S/C10H19N5S/c1-11-7-8-15-10(12-13-14-15)16-9-5-3-2-4-6-9/h9,11H,2-8H2,1H3. The maximum Gasteiger partial charge on any atom is 0.209 e. The van der Waals surface area contributed by atoms with Crippen LogP contribution in [0.25, 0.3) is 0 Å². The number of hydrogen-bond acceptors (Lipinski definition) is 5. The van der Waals surface area contributed by atoms with Crippen molar-refractivity contribution in [2.24, 2.45) is 0 Å². The van der Waals surface area contributed by atoms with Gasteiger partial charge in [0.05, 0.1) is 6.54 Å². The van der Waals surface area contributed by atoms with Crippen LogP contribution < -0.4 is 5.32 Å². The minimum atomic E-state index is 0.716. The third-order valence-corrected chi connectivity index (χ3v) is 4.20. The second-order valence-corrected chi connectivity index (χ2v) is 5.43. The van der Waals surface area contributed by atoms with Gasteiger partial charge in [-0.2, -0.15) is 0 Å². The maximum absolute atomic E-state index is 4.10.